The largest absolute Gasteiger partial charge is 0.351 e. The van der Waals surface area contributed by atoms with Gasteiger partial charge in [0.15, 0.2) is 0 Å². The topological polar surface area (TPSA) is 50.7 Å². The van der Waals surface area contributed by atoms with Gasteiger partial charge in [-0.15, -0.1) is 11.3 Å². The Kier molecular flexibility index (Phi) is 5.55. The average molecular weight is 419 g/mol. The van der Waals surface area contributed by atoms with Gasteiger partial charge in [-0.1, -0.05) is 43.5 Å². The van der Waals surface area contributed by atoms with Crippen molar-refractivity contribution in [1.29, 1.82) is 0 Å². The molecule has 2 aliphatic rings. The van der Waals surface area contributed by atoms with E-state index in [9.17, 15) is 0 Å². The van der Waals surface area contributed by atoms with Gasteiger partial charge < -0.3 is 5.32 Å². The van der Waals surface area contributed by atoms with E-state index in [1.807, 2.05) is 23.6 Å². The van der Waals surface area contributed by atoms with Crippen LogP contribution >= 0.6 is 11.3 Å². The molecule has 5 heteroatoms. The molecule has 0 amide bonds. The monoisotopic (exact) mass is 418 g/mol. The van der Waals surface area contributed by atoms with E-state index in [1.54, 1.807) is 0 Å². The first-order valence-electron chi connectivity index (χ1n) is 11.3. The standard InChI is InChI=1S/C25H30N4S/c1-16-6-8-18(9-7-16)15-22-29-23(19-5-3-4-17(2)14-19)24(30-22)21-12-13-26-25(28-21)27-20-10-11-20/h3-5,12-14,16,18,20H,6-11,15H2,1-2H3,(H,26,27,28). The lowest BCUT2D eigenvalue weighted by atomic mass is 9.81. The SMILES string of the molecule is Cc1cccc(-c2nc(CC3CCC(C)CC3)sc2-c2ccnc(NC3CC3)n2)c1. The maximum Gasteiger partial charge on any atom is 0.223 e. The Balaban J connectivity index is 1.49. The molecule has 3 aromatic rings. The Hall–Kier alpha value is -2.27. The molecule has 30 heavy (non-hydrogen) atoms. The minimum Gasteiger partial charge on any atom is -0.351 e. The van der Waals surface area contributed by atoms with Crippen LogP contribution in [0, 0.1) is 18.8 Å². The lowest BCUT2D eigenvalue weighted by Gasteiger charge is -2.25. The number of aromatic nitrogens is 3. The number of nitrogens with one attached hydrogen (secondary N) is 1. The van der Waals surface area contributed by atoms with Crippen LogP contribution < -0.4 is 5.32 Å². The van der Waals surface area contributed by atoms with Gasteiger partial charge in [0.1, 0.15) is 0 Å². The van der Waals surface area contributed by atoms with Crippen molar-refractivity contribution in [2.45, 2.75) is 64.8 Å². The van der Waals surface area contributed by atoms with E-state index in [0.717, 1.165) is 35.6 Å². The van der Waals surface area contributed by atoms with E-state index in [2.05, 4.69) is 48.4 Å². The van der Waals surface area contributed by atoms with Gasteiger partial charge in [-0.3, -0.25) is 0 Å². The van der Waals surface area contributed by atoms with Gasteiger partial charge in [0, 0.05) is 24.2 Å². The predicted octanol–water partition coefficient (Wildman–Crippen LogP) is 6.52. The van der Waals surface area contributed by atoms with Crippen LogP contribution in [0.15, 0.2) is 36.5 Å². The molecule has 0 atom stereocenters. The van der Waals surface area contributed by atoms with Gasteiger partial charge in [0.05, 0.1) is 21.3 Å². The molecule has 1 aromatic carbocycles. The highest BCUT2D eigenvalue weighted by Crippen LogP contribution is 2.39. The van der Waals surface area contributed by atoms with Gasteiger partial charge in [0.25, 0.3) is 0 Å². The van der Waals surface area contributed by atoms with Crippen LogP contribution in [0.5, 0.6) is 0 Å². The first-order chi connectivity index (χ1) is 14.6. The summed E-state index contributed by atoms with van der Waals surface area (Å²) in [6.45, 7) is 4.53. The molecule has 0 aliphatic heterocycles. The number of aryl methyl sites for hydroxylation is 1. The van der Waals surface area contributed by atoms with Crippen LogP contribution in [0.1, 0.15) is 56.0 Å². The van der Waals surface area contributed by atoms with E-state index in [0.29, 0.717) is 6.04 Å². The van der Waals surface area contributed by atoms with Crippen molar-refractivity contribution in [2.24, 2.45) is 11.8 Å². The first-order valence-corrected chi connectivity index (χ1v) is 12.1. The van der Waals surface area contributed by atoms with Crippen LogP contribution in [0.2, 0.25) is 0 Å². The smallest absolute Gasteiger partial charge is 0.223 e. The summed E-state index contributed by atoms with van der Waals surface area (Å²) in [6, 6.07) is 11.2. The fraction of sp³-hybridized carbons (Fsp3) is 0.480. The van der Waals surface area contributed by atoms with Crippen LogP contribution in [-0.2, 0) is 6.42 Å². The molecule has 2 aromatic heterocycles. The van der Waals surface area contributed by atoms with Crippen molar-refractivity contribution in [1.82, 2.24) is 15.0 Å². The summed E-state index contributed by atoms with van der Waals surface area (Å²) in [4.78, 5) is 15.6. The van der Waals surface area contributed by atoms with Crippen molar-refractivity contribution >= 4 is 17.3 Å². The molecule has 5 rings (SSSR count). The van der Waals surface area contributed by atoms with Crippen LogP contribution in [0.3, 0.4) is 0 Å². The minimum absolute atomic E-state index is 0.544. The summed E-state index contributed by atoms with van der Waals surface area (Å²) in [5.74, 6) is 2.39. The zero-order chi connectivity index (χ0) is 20.5. The second-order valence-electron chi connectivity index (χ2n) is 9.17. The number of anilines is 1. The van der Waals surface area contributed by atoms with Crippen LogP contribution in [0.4, 0.5) is 5.95 Å². The summed E-state index contributed by atoms with van der Waals surface area (Å²) in [5.41, 5.74) is 4.48. The van der Waals surface area contributed by atoms with Gasteiger partial charge in [-0.05, 0) is 56.6 Å². The Bertz CT molecular complexity index is 1020. The molecule has 0 bridgehead atoms. The van der Waals surface area contributed by atoms with Gasteiger partial charge in [0.2, 0.25) is 5.95 Å². The molecule has 0 spiro atoms. The van der Waals surface area contributed by atoms with E-state index in [4.69, 9.17) is 9.97 Å². The predicted molar refractivity (Wildman–Crippen MR) is 125 cm³/mol. The van der Waals surface area contributed by atoms with E-state index in [-0.39, 0.29) is 0 Å². The second kappa shape index (κ2) is 8.46. The zero-order valence-electron chi connectivity index (χ0n) is 17.9. The maximum atomic E-state index is 5.15. The van der Waals surface area contributed by atoms with E-state index in [1.165, 1.54) is 59.5 Å². The first kappa shape index (κ1) is 19.7. The third-order valence-electron chi connectivity index (χ3n) is 6.36. The number of nitrogens with zero attached hydrogens (tertiary/aromatic N) is 3. The molecule has 4 nitrogen and oxygen atoms in total. The fourth-order valence-electron chi connectivity index (χ4n) is 4.36. The maximum absolute atomic E-state index is 5.15. The molecule has 1 N–H and O–H groups in total. The van der Waals surface area contributed by atoms with Crippen LogP contribution in [-0.4, -0.2) is 21.0 Å². The number of hydrogen-bond donors (Lipinski definition) is 1. The average Bonchev–Trinajstić information content (AvgIpc) is 3.46. The molecule has 156 valence electrons. The third-order valence-corrected chi connectivity index (χ3v) is 7.46. The number of hydrogen-bond acceptors (Lipinski definition) is 5. The number of thiazole rings is 1. The molecule has 2 heterocycles. The van der Waals surface area contributed by atoms with Crippen molar-refractivity contribution in [3.05, 3.63) is 47.1 Å². The summed E-state index contributed by atoms with van der Waals surface area (Å²) in [6.07, 6.45) is 10.8. The van der Waals surface area contributed by atoms with Crippen molar-refractivity contribution in [3.63, 3.8) is 0 Å². The van der Waals surface area contributed by atoms with Crippen molar-refractivity contribution < 1.29 is 0 Å². The highest BCUT2D eigenvalue weighted by atomic mass is 32.1. The summed E-state index contributed by atoms with van der Waals surface area (Å²) < 4.78 is 0. The number of rotatable bonds is 6. The molecule has 0 saturated heterocycles. The Morgan fingerprint density at radius 2 is 1.87 bits per heavy atom. The highest BCUT2D eigenvalue weighted by Gasteiger charge is 2.24. The lowest BCUT2D eigenvalue weighted by molar-refractivity contribution is 0.289. The molecular weight excluding hydrogens is 388 g/mol. The van der Waals surface area contributed by atoms with Crippen molar-refractivity contribution in [3.8, 4) is 21.8 Å². The Labute approximate surface area is 183 Å². The normalized spacial score (nSPS) is 21.5. The second-order valence-corrected chi connectivity index (χ2v) is 10.3. The number of benzene rings is 1. The van der Waals surface area contributed by atoms with Crippen LogP contribution in [0.25, 0.3) is 21.8 Å². The molecule has 0 radical (unpaired) electrons. The van der Waals surface area contributed by atoms with E-state index >= 15 is 0 Å². The van der Waals surface area contributed by atoms with E-state index < -0.39 is 0 Å². The third kappa shape index (κ3) is 4.56. The van der Waals surface area contributed by atoms with Gasteiger partial charge in [-0.2, -0.15) is 0 Å². The summed E-state index contributed by atoms with van der Waals surface area (Å²) >= 11 is 1.82. The molecule has 2 saturated carbocycles. The quantitative estimate of drug-likeness (QED) is 0.495. The highest BCUT2D eigenvalue weighted by molar-refractivity contribution is 7.15. The molecule has 2 aliphatic carbocycles. The fourth-order valence-corrected chi connectivity index (χ4v) is 5.53. The van der Waals surface area contributed by atoms with Crippen molar-refractivity contribution in [2.75, 3.05) is 5.32 Å². The van der Waals surface area contributed by atoms with Gasteiger partial charge >= 0.3 is 0 Å². The summed E-state index contributed by atoms with van der Waals surface area (Å²) in [7, 11) is 0. The molecular formula is C25H30N4S. The molecule has 0 unspecified atom stereocenters. The Morgan fingerprint density at radius 3 is 2.63 bits per heavy atom. The minimum atomic E-state index is 0.544. The zero-order valence-corrected chi connectivity index (χ0v) is 18.7. The Morgan fingerprint density at radius 1 is 1.03 bits per heavy atom. The molecule has 2 fully saturated rings. The van der Waals surface area contributed by atoms with Gasteiger partial charge in [-0.25, -0.2) is 15.0 Å². The summed E-state index contributed by atoms with van der Waals surface area (Å²) in [5, 5.41) is 4.68. The lowest BCUT2D eigenvalue weighted by Crippen LogP contribution is -2.14.